The van der Waals surface area contributed by atoms with E-state index in [0.717, 1.165) is 11.1 Å². The number of carbonyl (C=O) groups excluding carboxylic acids is 1. The molecule has 23 heavy (non-hydrogen) atoms. The molecular formula is C18H17N3O2. The summed E-state index contributed by atoms with van der Waals surface area (Å²) in [5.74, 6) is 1.55. The first-order valence-electron chi connectivity index (χ1n) is 7.36. The van der Waals surface area contributed by atoms with Crippen molar-refractivity contribution in [1.82, 2.24) is 9.97 Å². The van der Waals surface area contributed by atoms with Crippen LogP contribution in [0.4, 0.5) is 5.82 Å². The molecule has 2 aromatic heterocycles. The van der Waals surface area contributed by atoms with Gasteiger partial charge in [-0.3, -0.25) is 4.79 Å². The van der Waals surface area contributed by atoms with E-state index in [2.05, 4.69) is 15.3 Å². The minimum absolute atomic E-state index is 0.151. The average molecular weight is 307 g/mol. The molecule has 0 saturated heterocycles. The number of nitrogens with zero attached hydrogens (tertiary/aromatic N) is 2. The number of rotatable bonds is 4. The van der Waals surface area contributed by atoms with Gasteiger partial charge < -0.3 is 9.73 Å². The van der Waals surface area contributed by atoms with Gasteiger partial charge in [-0.15, -0.1) is 0 Å². The molecule has 0 saturated carbocycles. The largest absolute Gasteiger partial charge is 0.441 e. The van der Waals surface area contributed by atoms with Crippen molar-refractivity contribution in [2.45, 2.75) is 20.3 Å². The van der Waals surface area contributed by atoms with Crippen molar-refractivity contribution < 1.29 is 9.21 Å². The molecule has 0 aliphatic heterocycles. The summed E-state index contributed by atoms with van der Waals surface area (Å²) in [5.41, 5.74) is 2.65. The zero-order valence-electron chi connectivity index (χ0n) is 13.0. The van der Waals surface area contributed by atoms with Crippen LogP contribution < -0.4 is 5.32 Å². The van der Waals surface area contributed by atoms with Gasteiger partial charge in [0.25, 0.3) is 0 Å². The van der Waals surface area contributed by atoms with E-state index in [1.54, 1.807) is 18.3 Å². The van der Waals surface area contributed by atoms with Gasteiger partial charge in [-0.05, 0) is 37.6 Å². The molecule has 5 heteroatoms. The fraction of sp³-hybridized carbons (Fsp3) is 0.167. The van der Waals surface area contributed by atoms with Gasteiger partial charge in [0.2, 0.25) is 11.8 Å². The number of aryl methyl sites for hydroxylation is 2. The Balaban J connectivity index is 1.77. The quantitative estimate of drug-likeness (QED) is 0.800. The van der Waals surface area contributed by atoms with E-state index >= 15 is 0 Å². The number of carbonyl (C=O) groups is 1. The third-order valence-electron chi connectivity index (χ3n) is 3.53. The second-order valence-electron chi connectivity index (χ2n) is 5.28. The van der Waals surface area contributed by atoms with Crippen molar-refractivity contribution in [2.24, 2.45) is 0 Å². The highest BCUT2D eigenvalue weighted by molar-refractivity contribution is 5.91. The predicted octanol–water partition coefficient (Wildman–Crippen LogP) is 3.53. The standard InChI is InChI=1S/C18H17N3O2/c1-12-7-3-4-8-14(12)18-20-15(13(2)23-18)11-17(22)21-16-9-5-6-10-19-16/h3-10H,11H2,1-2H3,(H,19,21,22). The summed E-state index contributed by atoms with van der Waals surface area (Å²) in [6.45, 7) is 3.82. The Hall–Kier alpha value is -2.95. The molecular weight excluding hydrogens is 290 g/mol. The Kier molecular flexibility index (Phi) is 4.19. The number of pyridine rings is 1. The van der Waals surface area contributed by atoms with Crippen LogP contribution in [0.5, 0.6) is 0 Å². The van der Waals surface area contributed by atoms with Crippen LogP contribution in [0.3, 0.4) is 0 Å². The molecule has 2 heterocycles. The Morgan fingerprint density at radius 3 is 2.65 bits per heavy atom. The number of nitrogens with one attached hydrogen (secondary N) is 1. The number of oxazole rings is 1. The number of hydrogen-bond acceptors (Lipinski definition) is 4. The number of amides is 1. The van der Waals surface area contributed by atoms with E-state index in [-0.39, 0.29) is 12.3 Å². The molecule has 116 valence electrons. The Morgan fingerprint density at radius 1 is 1.13 bits per heavy atom. The van der Waals surface area contributed by atoms with E-state index in [1.807, 2.05) is 44.2 Å². The van der Waals surface area contributed by atoms with E-state index in [9.17, 15) is 4.79 Å². The van der Waals surface area contributed by atoms with Gasteiger partial charge >= 0.3 is 0 Å². The summed E-state index contributed by atoms with van der Waals surface area (Å²) >= 11 is 0. The fourth-order valence-electron chi connectivity index (χ4n) is 2.30. The summed E-state index contributed by atoms with van der Waals surface area (Å²) in [7, 11) is 0. The molecule has 5 nitrogen and oxygen atoms in total. The predicted molar refractivity (Wildman–Crippen MR) is 88.0 cm³/mol. The maximum absolute atomic E-state index is 12.1. The lowest BCUT2D eigenvalue weighted by atomic mass is 10.1. The number of benzene rings is 1. The molecule has 0 radical (unpaired) electrons. The topological polar surface area (TPSA) is 68.0 Å². The maximum Gasteiger partial charge on any atom is 0.231 e. The van der Waals surface area contributed by atoms with Crippen LogP contribution in [0.2, 0.25) is 0 Å². The average Bonchev–Trinajstić information content (AvgIpc) is 2.89. The lowest BCUT2D eigenvalue weighted by Crippen LogP contribution is -2.15. The van der Waals surface area contributed by atoms with Gasteiger partial charge in [0, 0.05) is 11.8 Å². The Morgan fingerprint density at radius 2 is 1.91 bits per heavy atom. The third kappa shape index (κ3) is 3.45. The van der Waals surface area contributed by atoms with Gasteiger partial charge in [-0.2, -0.15) is 0 Å². The molecule has 0 atom stereocenters. The van der Waals surface area contributed by atoms with Crippen LogP contribution >= 0.6 is 0 Å². The molecule has 3 aromatic rings. The van der Waals surface area contributed by atoms with Gasteiger partial charge in [-0.1, -0.05) is 24.3 Å². The van der Waals surface area contributed by atoms with Gasteiger partial charge in [0.15, 0.2) is 0 Å². The highest BCUT2D eigenvalue weighted by Crippen LogP contribution is 2.24. The molecule has 0 spiro atoms. The fourth-order valence-corrected chi connectivity index (χ4v) is 2.30. The van der Waals surface area contributed by atoms with E-state index in [0.29, 0.717) is 23.2 Å². The van der Waals surface area contributed by atoms with Gasteiger partial charge in [-0.25, -0.2) is 9.97 Å². The van der Waals surface area contributed by atoms with Crippen LogP contribution in [-0.4, -0.2) is 15.9 Å². The SMILES string of the molecule is Cc1ccccc1-c1nc(CC(=O)Nc2ccccn2)c(C)o1. The Labute approximate surface area is 134 Å². The van der Waals surface area contributed by atoms with Crippen molar-refractivity contribution in [3.63, 3.8) is 0 Å². The molecule has 1 aromatic carbocycles. The highest BCUT2D eigenvalue weighted by Gasteiger charge is 2.16. The zero-order chi connectivity index (χ0) is 16.2. The summed E-state index contributed by atoms with van der Waals surface area (Å²) in [5, 5.41) is 2.75. The lowest BCUT2D eigenvalue weighted by Gasteiger charge is -2.02. The molecule has 0 aliphatic rings. The summed E-state index contributed by atoms with van der Waals surface area (Å²) in [4.78, 5) is 20.7. The second kappa shape index (κ2) is 6.44. The maximum atomic E-state index is 12.1. The van der Waals surface area contributed by atoms with Crippen LogP contribution in [0.15, 0.2) is 53.1 Å². The molecule has 0 bridgehead atoms. The molecule has 0 aliphatic carbocycles. The molecule has 0 unspecified atom stereocenters. The summed E-state index contributed by atoms with van der Waals surface area (Å²) in [6, 6.07) is 13.2. The minimum atomic E-state index is -0.170. The number of hydrogen-bond donors (Lipinski definition) is 1. The first-order chi connectivity index (χ1) is 11.1. The lowest BCUT2D eigenvalue weighted by molar-refractivity contribution is -0.115. The van der Waals surface area contributed by atoms with Crippen molar-refractivity contribution in [1.29, 1.82) is 0 Å². The van der Waals surface area contributed by atoms with E-state index in [1.165, 1.54) is 0 Å². The number of aromatic nitrogens is 2. The summed E-state index contributed by atoms with van der Waals surface area (Å²) < 4.78 is 5.73. The smallest absolute Gasteiger partial charge is 0.231 e. The zero-order valence-corrected chi connectivity index (χ0v) is 13.0. The monoisotopic (exact) mass is 307 g/mol. The molecule has 1 N–H and O–H groups in total. The number of anilines is 1. The van der Waals surface area contributed by atoms with Crippen LogP contribution in [0, 0.1) is 13.8 Å². The second-order valence-corrected chi connectivity index (χ2v) is 5.28. The van der Waals surface area contributed by atoms with Crippen molar-refractivity contribution >= 4 is 11.7 Å². The first kappa shape index (κ1) is 15.0. The molecule has 3 rings (SSSR count). The van der Waals surface area contributed by atoms with E-state index in [4.69, 9.17) is 4.42 Å². The van der Waals surface area contributed by atoms with Gasteiger partial charge in [0.1, 0.15) is 11.6 Å². The Bertz CT molecular complexity index is 825. The van der Waals surface area contributed by atoms with Gasteiger partial charge in [0.05, 0.1) is 12.1 Å². The third-order valence-corrected chi connectivity index (χ3v) is 3.53. The highest BCUT2D eigenvalue weighted by atomic mass is 16.4. The molecule has 0 fully saturated rings. The van der Waals surface area contributed by atoms with Crippen LogP contribution in [0.25, 0.3) is 11.5 Å². The molecule has 1 amide bonds. The minimum Gasteiger partial charge on any atom is -0.441 e. The van der Waals surface area contributed by atoms with Crippen molar-refractivity contribution in [3.05, 3.63) is 65.7 Å². The van der Waals surface area contributed by atoms with Crippen molar-refractivity contribution in [3.8, 4) is 11.5 Å². The van der Waals surface area contributed by atoms with Crippen LogP contribution in [-0.2, 0) is 11.2 Å². The van der Waals surface area contributed by atoms with Crippen molar-refractivity contribution in [2.75, 3.05) is 5.32 Å². The van der Waals surface area contributed by atoms with Crippen LogP contribution in [0.1, 0.15) is 17.0 Å². The van der Waals surface area contributed by atoms with E-state index < -0.39 is 0 Å². The summed E-state index contributed by atoms with van der Waals surface area (Å²) in [6.07, 6.45) is 1.78. The first-order valence-corrected chi connectivity index (χ1v) is 7.36. The normalized spacial score (nSPS) is 10.5.